The van der Waals surface area contributed by atoms with E-state index in [9.17, 15) is 14.4 Å². The number of piperidine rings is 1. The molecule has 5 heterocycles. The number of benzene rings is 1. The minimum Gasteiger partial charge on any atom is -0.355 e. The van der Waals surface area contributed by atoms with E-state index < -0.39 is 5.91 Å². The number of thioether (sulfide) groups is 1. The summed E-state index contributed by atoms with van der Waals surface area (Å²) in [5.74, 6) is 1.00. The summed E-state index contributed by atoms with van der Waals surface area (Å²) in [6.45, 7) is 9.65. The zero-order chi connectivity index (χ0) is 29.9. The molecule has 2 fully saturated rings. The van der Waals surface area contributed by atoms with E-state index in [2.05, 4.69) is 18.7 Å². The van der Waals surface area contributed by atoms with Crippen LogP contribution in [0.3, 0.4) is 0 Å². The molecule has 2 atom stereocenters. The van der Waals surface area contributed by atoms with E-state index in [4.69, 9.17) is 17.2 Å². The summed E-state index contributed by atoms with van der Waals surface area (Å²) in [5.41, 5.74) is 2.70. The Kier molecular flexibility index (Phi) is 7.18. The number of amides is 1. The molecule has 6 rings (SSSR count). The molecule has 9 nitrogen and oxygen atoms in total. The first-order valence-corrected chi connectivity index (χ1v) is 15.2. The van der Waals surface area contributed by atoms with Gasteiger partial charge < -0.3 is 4.90 Å². The van der Waals surface area contributed by atoms with Crippen molar-refractivity contribution in [2.24, 2.45) is 18.9 Å². The Morgan fingerprint density at radius 2 is 1.67 bits per heavy atom. The highest BCUT2D eigenvalue weighted by atomic mass is 32.2. The van der Waals surface area contributed by atoms with Gasteiger partial charge in [-0.05, 0) is 61.9 Å². The highest BCUT2D eigenvalue weighted by Gasteiger charge is 2.38. The van der Waals surface area contributed by atoms with Crippen LogP contribution in [0.5, 0.6) is 0 Å². The fourth-order valence-electron chi connectivity index (χ4n) is 6.05. The lowest BCUT2D eigenvalue weighted by atomic mass is 9.91. The molecule has 11 heteroatoms. The third-order valence-electron chi connectivity index (χ3n) is 7.97. The van der Waals surface area contributed by atoms with Crippen LogP contribution in [-0.4, -0.2) is 42.1 Å². The summed E-state index contributed by atoms with van der Waals surface area (Å²) in [6, 6.07) is 13.0. The number of anilines is 2. The molecule has 2 aliphatic heterocycles. The van der Waals surface area contributed by atoms with Gasteiger partial charge in [-0.1, -0.05) is 62.1 Å². The van der Waals surface area contributed by atoms with Crippen molar-refractivity contribution >= 4 is 57.4 Å². The first kappa shape index (κ1) is 28.2. The Balaban J connectivity index is 1.48. The van der Waals surface area contributed by atoms with Crippen molar-refractivity contribution in [2.75, 3.05) is 22.9 Å². The third kappa shape index (κ3) is 4.70. The van der Waals surface area contributed by atoms with Crippen molar-refractivity contribution in [1.82, 2.24) is 18.7 Å². The number of carbonyl (C=O) groups excluding carboxylic acids is 1. The maximum Gasteiger partial charge on any atom is 0.296 e. The predicted molar refractivity (Wildman–Crippen MR) is 173 cm³/mol. The van der Waals surface area contributed by atoms with Crippen molar-refractivity contribution in [3.8, 4) is 5.69 Å². The Bertz CT molecular complexity index is 1900. The number of thiocarbonyl (C=S) groups is 1. The maximum absolute atomic E-state index is 14.0. The zero-order valence-corrected chi connectivity index (χ0v) is 25.8. The Hall–Kier alpha value is -3.96. The number of aromatic nitrogens is 4. The molecule has 4 aromatic rings. The molecule has 3 aromatic heterocycles. The summed E-state index contributed by atoms with van der Waals surface area (Å²) in [7, 11) is 1.78. The van der Waals surface area contributed by atoms with Gasteiger partial charge in [-0.25, -0.2) is 9.67 Å². The minimum absolute atomic E-state index is 0.204. The number of rotatable bonds is 4. The maximum atomic E-state index is 14.0. The number of carbonyl (C=O) groups is 1. The number of nitrogens with zero attached hydrogens (tertiary/aromatic N) is 6. The number of para-hydroxylation sites is 1. The number of aryl methyl sites for hydroxylation is 1. The smallest absolute Gasteiger partial charge is 0.296 e. The summed E-state index contributed by atoms with van der Waals surface area (Å²) in [4.78, 5) is 50.3. The van der Waals surface area contributed by atoms with E-state index in [1.165, 1.54) is 14.0 Å². The Morgan fingerprint density at radius 1 is 0.976 bits per heavy atom. The lowest BCUT2D eigenvalue weighted by Crippen LogP contribution is -2.40. The van der Waals surface area contributed by atoms with Crippen LogP contribution in [0.2, 0.25) is 0 Å². The van der Waals surface area contributed by atoms with Gasteiger partial charge >= 0.3 is 0 Å². The van der Waals surface area contributed by atoms with Gasteiger partial charge in [-0.3, -0.25) is 28.4 Å². The fraction of sp³-hybridized carbons (Fsp3) is 0.323. The van der Waals surface area contributed by atoms with E-state index in [1.807, 2.05) is 49.4 Å². The second-order valence-corrected chi connectivity index (χ2v) is 13.0. The Morgan fingerprint density at radius 3 is 2.36 bits per heavy atom. The lowest BCUT2D eigenvalue weighted by molar-refractivity contribution is -0.113. The zero-order valence-electron chi connectivity index (χ0n) is 24.2. The van der Waals surface area contributed by atoms with Crippen molar-refractivity contribution in [3.05, 3.63) is 91.1 Å². The van der Waals surface area contributed by atoms with E-state index >= 15 is 0 Å². The molecule has 0 bridgehead atoms. The standard InChI is InChI=1S/C31H32N6O3S2/c1-18-11-12-25-32-27(34-15-19(2)13-20(3)16-34)23(28(38)35(25)17-18)14-24-29(39)36(31(41)42-24)26-21(4)33(5)37(30(26)40)22-9-7-6-8-10-22/h6-12,14,17,19-20H,13,15-16H2,1-5H3/b24-14+. The molecule has 0 saturated carbocycles. The number of fused-ring (bicyclic) bond motifs is 1. The van der Waals surface area contributed by atoms with Gasteiger partial charge in [0.25, 0.3) is 17.0 Å². The predicted octanol–water partition coefficient (Wildman–Crippen LogP) is 4.69. The minimum atomic E-state index is -0.434. The molecule has 0 spiro atoms. The van der Waals surface area contributed by atoms with Crippen LogP contribution in [0.15, 0.2) is 63.2 Å². The van der Waals surface area contributed by atoms with Gasteiger partial charge in [0.05, 0.1) is 21.8 Å². The molecular formula is C31H32N6O3S2. The SMILES string of the molecule is Cc1ccc2nc(N3CC(C)CC(C)C3)c(/C=C3/SC(=S)N(c4c(C)n(C)n(-c5ccccc5)c4=O)C3=O)c(=O)n2c1. The number of hydrogen-bond donors (Lipinski definition) is 0. The average Bonchev–Trinajstić information content (AvgIpc) is 3.34. The molecule has 216 valence electrons. The number of hydrogen-bond acceptors (Lipinski definition) is 7. The molecule has 1 aromatic carbocycles. The molecule has 2 unspecified atom stereocenters. The molecule has 2 saturated heterocycles. The average molecular weight is 601 g/mol. The molecule has 2 aliphatic rings. The van der Waals surface area contributed by atoms with Crippen molar-refractivity contribution in [2.45, 2.75) is 34.1 Å². The molecule has 0 aliphatic carbocycles. The fourth-order valence-corrected chi connectivity index (χ4v) is 7.31. The van der Waals surface area contributed by atoms with Crippen LogP contribution >= 0.6 is 24.0 Å². The van der Waals surface area contributed by atoms with Crippen LogP contribution in [0.4, 0.5) is 11.5 Å². The third-order valence-corrected chi connectivity index (χ3v) is 9.27. The normalized spacial score (nSPS) is 20.4. The topological polar surface area (TPSA) is 84.8 Å². The van der Waals surface area contributed by atoms with Crippen molar-refractivity contribution < 1.29 is 4.79 Å². The van der Waals surface area contributed by atoms with Gasteiger partial charge in [0, 0.05) is 26.3 Å². The van der Waals surface area contributed by atoms with E-state index in [0.29, 0.717) is 40.2 Å². The van der Waals surface area contributed by atoms with Crippen LogP contribution in [0.1, 0.15) is 37.1 Å². The van der Waals surface area contributed by atoms with Crippen LogP contribution in [-0.2, 0) is 11.8 Å². The van der Waals surface area contributed by atoms with E-state index in [0.717, 1.165) is 36.8 Å². The van der Waals surface area contributed by atoms with Gasteiger partial charge in [0.15, 0.2) is 4.32 Å². The monoisotopic (exact) mass is 600 g/mol. The first-order valence-electron chi connectivity index (χ1n) is 13.9. The summed E-state index contributed by atoms with van der Waals surface area (Å²) < 4.78 is 5.01. The highest BCUT2D eigenvalue weighted by molar-refractivity contribution is 8.27. The molecule has 42 heavy (non-hydrogen) atoms. The second-order valence-electron chi connectivity index (χ2n) is 11.4. The summed E-state index contributed by atoms with van der Waals surface area (Å²) in [6.07, 6.45) is 4.47. The quantitative estimate of drug-likeness (QED) is 0.248. The van der Waals surface area contributed by atoms with Crippen LogP contribution < -0.4 is 20.9 Å². The van der Waals surface area contributed by atoms with E-state index in [-0.39, 0.29) is 26.0 Å². The van der Waals surface area contributed by atoms with E-state index in [1.54, 1.807) is 30.9 Å². The first-order chi connectivity index (χ1) is 20.0. The largest absolute Gasteiger partial charge is 0.355 e. The van der Waals surface area contributed by atoms with Gasteiger partial charge in [-0.2, -0.15) is 0 Å². The summed E-state index contributed by atoms with van der Waals surface area (Å²) >= 11 is 6.75. The Labute approximate surface area is 253 Å². The lowest BCUT2D eigenvalue weighted by Gasteiger charge is -2.36. The molecule has 0 radical (unpaired) electrons. The second kappa shape index (κ2) is 10.7. The van der Waals surface area contributed by atoms with Gasteiger partial charge in [0.2, 0.25) is 0 Å². The molecular weight excluding hydrogens is 569 g/mol. The van der Waals surface area contributed by atoms with Gasteiger partial charge in [0.1, 0.15) is 17.2 Å². The molecule has 0 N–H and O–H groups in total. The van der Waals surface area contributed by atoms with Crippen LogP contribution in [0, 0.1) is 25.7 Å². The van der Waals surface area contributed by atoms with Crippen molar-refractivity contribution in [3.63, 3.8) is 0 Å². The summed E-state index contributed by atoms with van der Waals surface area (Å²) in [5, 5.41) is 0. The number of pyridine rings is 1. The van der Waals surface area contributed by atoms with Crippen molar-refractivity contribution in [1.29, 1.82) is 0 Å². The van der Waals surface area contributed by atoms with Crippen LogP contribution in [0.25, 0.3) is 17.4 Å². The highest BCUT2D eigenvalue weighted by Crippen LogP contribution is 2.37. The molecule has 1 amide bonds. The van der Waals surface area contributed by atoms with Gasteiger partial charge in [-0.15, -0.1) is 0 Å².